The molecule has 5 nitrogen and oxygen atoms in total. The fraction of sp³-hybridized carbons (Fsp3) is 0.0769. The lowest BCUT2D eigenvalue weighted by Gasteiger charge is -2.14. The molecule has 4 aromatic rings. The molecule has 0 fully saturated rings. The number of hydrogen-bond acceptors (Lipinski definition) is 5. The smallest absolute Gasteiger partial charge is 0.216 e. The summed E-state index contributed by atoms with van der Waals surface area (Å²) < 4.78 is 10.6. The highest BCUT2D eigenvalue weighted by molar-refractivity contribution is 6.39. The highest BCUT2D eigenvalue weighted by atomic mass is 35.5. The lowest BCUT2D eigenvalue weighted by atomic mass is 9.99. The Morgan fingerprint density at radius 1 is 0.909 bits per heavy atom. The molecule has 165 valence electrons. The Kier molecular flexibility index (Phi) is 6.63. The lowest BCUT2D eigenvalue weighted by Crippen LogP contribution is -1.95. The van der Waals surface area contributed by atoms with Gasteiger partial charge in [-0.3, -0.25) is 9.78 Å². The molecule has 0 saturated heterocycles. The molecule has 33 heavy (non-hydrogen) atoms. The topological polar surface area (TPSA) is 61.3 Å². The maximum Gasteiger partial charge on any atom is 0.216 e. The molecule has 0 amide bonds. The number of carbonyl (C=O) groups excluding carboxylic acids is 1. The quantitative estimate of drug-likeness (QED) is 0.286. The molecule has 2 heterocycles. The SMILES string of the molecule is [CH2]c1ccc(-c2cccc(-c3ccnc(-c4ccc(C=O)c(OC)c4)c3Cl)c2Cl)nc1OC. The van der Waals surface area contributed by atoms with Gasteiger partial charge in [0.25, 0.3) is 0 Å². The molecule has 0 spiro atoms. The summed E-state index contributed by atoms with van der Waals surface area (Å²) in [6.07, 6.45) is 2.40. The summed E-state index contributed by atoms with van der Waals surface area (Å²) in [5, 5.41) is 0.924. The number of carbonyl (C=O) groups is 1. The van der Waals surface area contributed by atoms with Crippen LogP contribution in [0.1, 0.15) is 15.9 Å². The number of halogens is 2. The van der Waals surface area contributed by atoms with E-state index in [2.05, 4.69) is 16.9 Å². The summed E-state index contributed by atoms with van der Waals surface area (Å²) in [6, 6.07) is 16.3. The van der Waals surface area contributed by atoms with E-state index in [-0.39, 0.29) is 0 Å². The summed E-state index contributed by atoms with van der Waals surface area (Å²) in [4.78, 5) is 20.2. The van der Waals surface area contributed by atoms with Gasteiger partial charge in [-0.15, -0.1) is 0 Å². The van der Waals surface area contributed by atoms with Crippen molar-refractivity contribution in [3.63, 3.8) is 0 Å². The largest absolute Gasteiger partial charge is 0.496 e. The van der Waals surface area contributed by atoms with Crippen LogP contribution >= 0.6 is 23.2 Å². The van der Waals surface area contributed by atoms with Gasteiger partial charge in [-0.05, 0) is 31.2 Å². The van der Waals surface area contributed by atoms with E-state index < -0.39 is 0 Å². The zero-order valence-electron chi connectivity index (χ0n) is 17.9. The monoisotopic (exact) mass is 477 g/mol. The van der Waals surface area contributed by atoms with Gasteiger partial charge in [-0.25, -0.2) is 4.98 Å². The first kappa shape index (κ1) is 22.8. The van der Waals surface area contributed by atoms with Gasteiger partial charge in [0.15, 0.2) is 6.29 Å². The van der Waals surface area contributed by atoms with E-state index in [1.54, 1.807) is 37.6 Å². The van der Waals surface area contributed by atoms with E-state index in [9.17, 15) is 4.79 Å². The van der Waals surface area contributed by atoms with E-state index in [1.165, 1.54) is 7.11 Å². The Morgan fingerprint density at radius 3 is 2.39 bits per heavy atom. The molecule has 0 aliphatic rings. The zero-order chi connectivity index (χ0) is 23.5. The molecule has 0 aliphatic heterocycles. The second-order valence-corrected chi connectivity index (χ2v) is 7.88. The van der Waals surface area contributed by atoms with E-state index in [1.807, 2.05) is 30.3 Å². The molecular weight excluding hydrogens is 459 g/mol. The summed E-state index contributed by atoms with van der Waals surface area (Å²) in [6.45, 7) is 3.91. The highest BCUT2D eigenvalue weighted by Gasteiger charge is 2.18. The van der Waals surface area contributed by atoms with Crippen LogP contribution in [0.25, 0.3) is 33.6 Å². The normalized spacial score (nSPS) is 10.7. The number of benzene rings is 2. The van der Waals surface area contributed by atoms with Crippen molar-refractivity contribution in [2.75, 3.05) is 14.2 Å². The molecule has 0 atom stereocenters. The summed E-state index contributed by atoms with van der Waals surface area (Å²) in [5.41, 5.74) is 5.24. The predicted octanol–water partition coefficient (Wildman–Crippen LogP) is 6.80. The van der Waals surface area contributed by atoms with Crippen molar-refractivity contribution in [1.29, 1.82) is 0 Å². The molecule has 0 aliphatic carbocycles. The van der Waals surface area contributed by atoms with Gasteiger partial charge in [0.05, 0.1) is 41.2 Å². The molecule has 1 radical (unpaired) electrons. The molecule has 2 aromatic heterocycles. The van der Waals surface area contributed by atoms with Gasteiger partial charge in [-0.2, -0.15) is 0 Å². The Hall–Kier alpha value is -3.41. The van der Waals surface area contributed by atoms with Crippen LogP contribution < -0.4 is 9.47 Å². The van der Waals surface area contributed by atoms with Crippen molar-refractivity contribution < 1.29 is 14.3 Å². The van der Waals surface area contributed by atoms with Crippen molar-refractivity contribution >= 4 is 29.5 Å². The average molecular weight is 478 g/mol. The van der Waals surface area contributed by atoms with E-state index in [0.717, 1.165) is 17.4 Å². The van der Waals surface area contributed by atoms with Crippen molar-refractivity contribution in [2.45, 2.75) is 0 Å². The third kappa shape index (κ3) is 4.30. The molecule has 0 bridgehead atoms. The number of aromatic nitrogens is 2. The van der Waals surface area contributed by atoms with Gasteiger partial charge in [0, 0.05) is 34.0 Å². The molecule has 0 saturated carbocycles. The Bertz CT molecular complexity index is 1360. The summed E-state index contributed by atoms with van der Waals surface area (Å²) in [7, 11) is 3.06. The van der Waals surface area contributed by atoms with Crippen molar-refractivity contribution in [1.82, 2.24) is 9.97 Å². The number of ether oxygens (including phenoxy) is 2. The first-order chi connectivity index (χ1) is 16.0. The summed E-state index contributed by atoms with van der Waals surface area (Å²) >= 11 is 13.6. The predicted molar refractivity (Wildman–Crippen MR) is 131 cm³/mol. The van der Waals surface area contributed by atoms with Crippen LogP contribution in [0.5, 0.6) is 11.6 Å². The van der Waals surface area contributed by atoms with Gasteiger partial charge < -0.3 is 9.47 Å². The minimum atomic E-state index is 0.427. The zero-order valence-corrected chi connectivity index (χ0v) is 19.4. The Balaban J connectivity index is 1.83. The molecule has 7 heteroatoms. The number of methoxy groups -OCH3 is 2. The van der Waals surface area contributed by atoms with Crippen LogP contribution in [0, 0.1) is 6.92 Å². The van der Waals surface area contributed by atoms with Crippen LogP contribution in [-0.2, 0) is 0 Å². The van der Waals surface area contributed by atoms with Crippen LogP contribution in [0.3, 0.4) is 0 Å². The third-order valence-electron chi connectivity index (χ3n) is 5.22. The average Bonchev–Trinajstić information content (AvgIpc) is 2.84. The molecule has 0 N–H and O–H groups in total. The third-order valence-corrected chi connectivity index (χ3v) is 6.01. The molecule has 0 unspecified atom stereocenters. The summed E-state index contributed by atoms with van der Waals surface area (Å²) in [5.74, 6) is 0.880. The van der Waals surface area contributed by atoms with Crippen LogP contribution in [0.4, 0.5) is 0 Å². The fourth-order valence-corrected chi connectivity index (χ4v) is 4.19. The van der Waals surface area contributed by atoms with Gasteiger partial charge in [0.2, 0.25) is 5.88 Å². The minimum Gasteiger partial charge on any atom is -0.496 e. The standard InChI is InChI=1S/C26H19Cl2N2O3/c1-15-7-10-21(30-26(15)33-3)20-6-4-5-18(23(20)27)19-11-12-29-25(24(19)28)16-8-9-17(14-31)22(13-16)32-2/h4-14H,1H2,2-3H3. The van der Waals surface area contributed by atoms with Crippen molar-refractivity contribution in [3.05, 3.63) is 88.9 Å². The van der Waals surface area contributed by atoms with E-state index in [4.69, 9.17) is 32.7 Å². The number of aldehydes is 1. The second kappa shape index (κ2) is 9.61. The Morgan fingerprint density at radius 2 is 1.67 bits per heavy atom. The fourth-order valence-electron chi connectivity index (χ4n) is 3.54. The van der Waals surface area contributed by atoms with Crippen molar-refractivity contribution in [2.24, 2.45) is 0 Å². The molecule has 2 aromatic carbocycles. The lowest BCUT2D eigenvalue weighted by molar-refractivity contribution is 0.112. The highest BCUT2D eigenvalue weighted by Crippen LogP contribution is 2.42. The van der Waals surface area contributed by atoms with E-state index >= 15 is 0 Å². The first-order valence-corrected chi connectivity index (χ1v) is 10.7. The van der Waals surface area contributed by atoms with E-state index in [0.29, 0.717) is 55.3 Å². The molecular formula is C26H19Cl2N2O3. The number of hydrogen-bond donors (Lipinski definition) is 0. The second-order valence-electron chi connectivity index (χ2n) is 7.13. The van der Waals surface area contributed by atoms with Gasteiger partial charge in [0.1, 0.15) is 5.75 Å². The van der Waals surface area contributed by atoms with Crippen LogP contribution in [0.15, 0.2) is 60.8 Å². The van der Waals surface area contributed by atoms with Gasteiger partial charge >= 0.3 is 0 Å². The molecule has 4 rings (SSSR count). The number of rotatable bonds is 6. The maximum atomic E-state index is 11.2. The first-order valence-electron chi connectivity index (χ1n) is 9.92. The Labute approximate surface area is 201 Å². The number of pyridine rings is 2. The van der Waals surface area contributed by atoms with Crippen molar-refractivity contribution in [3.8, 4) is 45.3 Å². The maximum absolute atomic E-state index is 11.2. The van der Waals surface area contributed by atoms with Crippen LogP contribution in [-0.4, -0.2) is 30.5 Å². The minimum absolute atomic E-state index is 0.427. The number of nitrogens with zero attached hydrogens (tertiary/aromatic N) is 2. The van der Waals surface area contributed by atoms with Gasteiger partial charge in [-0.1, -0.05) is 53.5 Å². The van der Waals surface area contributed by atoms with Crippen LogP contribution in [0.2, 0.25) is 10.0 Å².